The van der Waals surface area contributed by atoms with Gasteiger partial charge in [-0.25, -0.2) is 8.42 Å². The van der Waals surface area contributed by atoms with Crippen molar-refractivity contribution in [2.45, 2.75) is 30.7 Å². The Morgan fingerprint density at radius 3 is 2.55 bits per heavy atom. The maximum Gasteiger partial charge on any atom is 0.262 e. The number of carbonyl (C=O) groups is 1. The molecule has 0 aromatic heterocycles. The average Bonchev–Trinajstić information content (AvgIpc) is 3.10. The Kier molecular flexibility index (Phi) is 4.69. The average molecular weight is 401 g/mol. The molecule has 2 rings (SSSR count). The topological polar surface area (TPSA) is 63.2 Å². The van der Waals surface area contributed by atoms with Crippen LogP contribution < -0.4 is 5.32 Å². The highest BCUT2D eigenvalue weighted by molar-refractivity contribution is 9.10. The lowest BCUT2D eigenvalue weighted by Gasteiger charge is -2.14. The van der Waals surface area contributed by atoms with Crippen LogP contribution in [0.1, 0.15) is 30.1 Å². The minimum absolute atomic E-state index is 0.0401. The molecular formula is C12H12BrCl2NO3S. The molecule has 0 aliphatic heterocycles. The largest absolute Gasteiger partial charge is 0.349 e. The van der Waals surface area contributed by atoms with Crippen LogP contribution in [0.5, 0.6) is 0 Å². The Balaban J connectivity index is 2.33. The second-order valence-electron chi connectivity index (χ2n) is 4.80. The third-order valence-corrected chi connectivity index (χ3v) is 5.81. The van der Waals surface area contributed by atoms with Crippen LogP contribution >= 0.6 is 38.2 Å². The van der Waals surface area contributed by atoms with Gasteiger partial charge in [0.1, 0.15) is 0 Å². The van der Waals surface area contributed by atoms with Crippen molar-refractivity contribution in [1.82, 2.24) is 5.32 Å². The van der Waals surface area contributed by atoms with Crippen LogP contribution in [0.15, 0.2) is 21.5 Å². The number of amides is 1. The zero-order valence-corrected chi connectivity index (χ0v) is 14.4. The molecule has 1 atom stereocenters. The lowest BCUT2D eigenvalue weighted by Crippen LogP contribution is -2.34. The molecule has 1 fully saturated rings. The predicted octanol–water partition coefficient (Wildman–Crippen LogP) is 3.56. The van der Waals surface area contributed by atoms with E-state index in [1.54, 1.807) is 0 Å². The molecule has 1 aliphatic carbocycles. The van der Waals surface area contributed by atoms with E-state index in [0.717, 1.165) is 12.8 Å². The summed E-state index contributed by atoms with van der Waals surface area (Å²) in [6.07, 6.45) is 2.19. The molecule has 20 heavy (non-hydrogen) atoms. The van der Waals surface area contributed by atoms with Gasteiger partial charge < -0.3 is 5.32 Å². The molecule has 1 aromatic carbocycles. The number of carbonyl (C=O) groups excluding carboxylic acids is 1. The molecule has 1 amide bonds. The first-order valence-electron chi connectivity index (χ1n) is 5.94. The molecular weight excluding hydrogens is 389 g/mol. The second kappa shape index (κ2) is 5.83. The molecule has 1 N–H and O–H groups in total. The third kappa shape index (κ3) is 3.67. The highest BCUT2D eigenvalue weighted by Crippen LogP contribution is 2.34. The minimum atomic E-state index is -3.95. The summed E-state index contributed by atoms with van der Waals surface area (Å²) in [5.74, 6) is 0.0906. The summed E-state index contributed by atoms with van der Waals surface area (Å²) in [5.41, 5.74) is 0.0987. The van der Waals surface area contributed by atoms with E-state index in [-0.39, 0.29) is 26.0 Å². The molecule has 1 aromatic rings. The summed E-state index contributed by atoms with van der Waals surface area (Å²) in [4.78, 5) is 12.0. The van der Waals surface area contributed by atoms with Crippen molar-refractivity contribution in [3.63, 3.8) is 0 Å². The summed E-state index contributed by atoms with van der Waals surface area (Å²) in [6, 6.07) is 2.58. The number of rotatable bonds is 4. The van der Waals surface area contributed by atoms with Crippen LogP contribution in [0.25, 0.3) is 0 Å². The number of hydrogen-bond acceptors (Lipinski definition) is 3. The molecule has 0 radical (unpaired) electrons. The zero-order valence-electron chi connectivity index (χ0n) is 10.5. The van der Waals surface area contributed by atoms with Gasteiger partial charge in [-0.3, -0.25) is 4.79 Å². The highest BCUT2D eigenvalue weighted by atomic mass is 79.9. The van der Waals surface area contributed by atoms with Crippen LogP contribution in [0.3, 0.4) is 0 Å². The predicted molar refractivity (Wildman–Crippen MR) is 81.8 cm³/mol. The third-order valence-electron chi connectivity index (χ3n) is 3.22. The summed E-state index contributed by atoms with van der Waals surface area (Å²) in [5, 5.41) is 2.99. The molecule has 1 saturated carbocycles. The lowest BCUT2D eigenvalue weighted by molar-refractivity contribution is 0.0936. The summed E-state index contributed by atoms with van der Waals surface area (Å²) in [7, 11) is 1.37. The van der Waals surface area contributed by atoms with Gasteiger partial charge in [-0.1, -0.05) is 11.6 Å². The molecule has 1 unspecified atom stereocenters. The summed E-state index contributed by atoms with van der Waals surface area (Å²) >= 11 is 9.07. The van der Waals surface area contributed by atoms with E-state index in [1.807, 2.05) is 6.92 Å². The molecule has 0 heterocycles. The standard InChI is InChI=1S/C12H12BrCl2NO3S/c1-6(7-2-3-7)16-12(17)8-4-11(20(15,18)19)9(13)5-10(8)14/h4-7H,2-3H2,1H3,(H,16,17). The van der Waals surface area contributed by atoms with E-state index >= 15 is 0 Å². The van der Waals surface area contributed by atoms with Crippen molar-refractivity contribution in [2.24, 2.45) is 5.92 Å². The SMILES string of the molecule is CC(NC(=O)c1cc(S(=O)(=O)Cl)c(Br)cc1Cl)C1CC1. The summed E-state index contributed by atoms with van der Waals surface area (Å²) in [6.45, 7) is 1.92. The van der Waals surface area contributed by atoms with Crippen molar-refractivity contribution in [3.8, 4) is 0 Å². The van der Waals surface area contributed by atoms with Gasteiger partial charge in [0, 0.05) is 21.2 Å². The smallest absolute Gasteiger partial charge is 0.262 e. The highest BCUT2D eigenvalue weighted by Gasteiger charge is 2.30. The van der Waals surface area contributed by atoms with Crippen LogP contribution in [0, 0.1) is 5.92 Å². The molecule has 1 aliphatic rings. The van der Waals surface area contributed by atoms with E-state index in [9.17, 15) is 13.2 Å². The van der Waals surface area contributed by atoms with Crippen molar-refractivity contribution >= 4 is 53.2 Å². The summed E-state index contributed by atoms with van der Waals surface area (Å²) < 4.78 is 23.1. The maximum atomic E-state index is 12.1. The fourth-order valence-electron chi connectivity index (χ4n) is 1.89. The van der Waals surface area contributed by atoms with Gasteiger partial charge in [-0.2, -0.15) is 0 Å². The molecule has 8 heteroatoms. The van der Waals surface area contributed by atoms with E-state index in [1.165, 1.54) is 12.1 Å². The van der Waals surface area contributed by atoms with Gasteiger partial charge in [0.05, 0.1) is 15.5 Å². The number of nitrogens with one attached hydrogen (secondary N) is 1. The molecule has 0 spiro atoms. The minimum Gasteiger partial charge on any atom is -0.349 e. The van der Waals surface area contributed by atoms with E-state index < -0.39 is 15.0 Å². The number of hydrogen-bond donors (Lipinski definition) is 1. The quantitative estimate of drug-likeness (QED) is 0.786. The van der Waals surface area contributed by atoms with Crippen LogP contribution in [-0.2, 0) is 9.05 Å². The Bertz CT molecular complexity index is 659. The number of benzene rings is 1. The second-order valence-corrected chi connectivity index (χ2v) is 8.60. The first-order chi connectivity index (χ1) is 9.20. The Morgan fingerprint density at radius 2 is 2.05 bits per heavy atom. The van der Waals surface area contributed by atoms with Gasteiger partial charge >= 0.3 is 0 Å². The Labute approximate surface area is 135 Å². The van der Waals surface area contributed by atoms with Gasteiger partial charge in [0.15, 0.2) is 0 Å². The molecule has 4 nitrogen and oxygen atoms in total. The first-order valence-corrected chi connectivity index (χ1v) is 9.42. The van der Waals surface area contributed by atoms with Crippen LogP contribution in [-0.4, -0.2) is 20.4 Å². The monoisotopic (exact) mass is 399 g/mol. The maximum absolute atomic E-state index is 12.1. The van der Waals surface area contributed by atoms with Crippen molar-refractivity contribution in [2.75, 3.05) is 0 Å². The van der Waals surface area contributed by atoms with Crippen molar-refractivity contribution < 1.29 is 13.2 Å². The Morgan fingerprint density at radius 1 is 1.45 bits per heavy atom. The van der Waals surface area contributed by atoms with Crippen molar-refractivity contribution in [3.05, 3.63) is 27.2 Å². The van der Waals surface area contributed by atoms with E-state index in [2.05, 4.69) is 21.2 Å². The fraction of sp³-hybridized carbons (Fsp3) is 0.417. The molecule has 0 bridgehead atoms. The van der Waals surface area contributed by atoms with Crippen LogP contribution in [0.2, 0.25) is 5.02 Å². The van der Waals surface area contributed by atoms with Gasteiger partial charge in [-0.15, -0.1) is 0 Å². The van der Waals surface area contributed by atoms with Gasteiger partial charge in [0.25, 0.3) is 15.0 Å². The van der Waals surface area contributed by atoms with E-state index in [4.69, 9.17) is 22.3 Å². The van der Waals surface area contributed by atoms with Gasteiger partial charge in [0.2, 0.25) is 0 Å². The molecule has 110 valence electrons. The first kappa shape index (κ1) is 16.1. The fourth-order valence-corrected chi connectivity index (χ4v) is 4.47. The normalized spacial score (nSPS) is 16.8. The van der Waals surface area contributed by atoms with Crippen molar-refractivity contribution in [1.29, 1.82) is 0 Å². The zero-order chi connectivity index (χ0) is 15.1. The van der Waals surface area contributed by atoms with E-state index in [0.29, 0.717) is 5.92 Å². The van der Waals surface area contributed by atoms with Crippen LogP contribution in [0.4, 0.5) is 0 Å². The lowest BCUT2D eigenvalue weighted by atomic mass is 10.1. The number of halogens is 3. The molecule has 0 saturated heterocycles. The van der Waals surface area contributed by atoms with Gasteiger partial charge in [-0.05, 0) is 53.7 Å². The Hall–Kier alpha value is -0.300.